The summed E-state index contributed by atoms with van der Waals surface area (Å²) in [7, 11) is 0. The molecule has 45 heavy (non-hydrogen) atoms. The molecular formula is C35H43FN3O6+. The Morgan fingerprint density at radius 2 is 1.87 bits per heavy atom. The first-order valence-electron chi connectivity index (χ1n) is 16.0. The summed E-state index contributed by atoms with van der Waals surface area (Å²) in [5, 5.41) is 10.6. The second kappa shape index (κ2) is 14.4. The molecule has 0 unspecified atom stereocenters. The normalized spacial score (nSPS) is 21.0. The maximum Gasteiger partial charge on any atom is 0.390 e. The molecular weight excluding hydrogens is 577 g/mol. The average molecular weight is 621 g/mol. The van der Waals surface area contributed by atoms with Gasteiger partial charge in [0.1, 0.15) is 5.82 Å². The van der Waals surface area contributed by atoms with Crippen molar-refractivity contribution in [2.24, 2.45) is 5.92 Å². The summed E-state index contributed by atoms with van der Waals surface area (Å²) in [4.78, 5) is 43.7. The van der Waals surface area contributed by atoms with Crippen LogP contribution >= 0.6 is 0 Å². The summed E-state index contributed by atoms with van der Waals surface area (Å²) < 4.78 is 27.0. The summed E-state index contributed by atoms with van der Waals surface area (Å²) in [6.07, 6.45) is 9.36. The zero-order valence-electron chi connectivity index (χ0n) is 26.3. The highest BCUT2D eigenvalue weighted by Crippen LogP contribution is 2.43. The minimum absolute atomic E-state index is 0.00653. The highest BCUT2D eigenvalue weighted by molar-refractivity contribution is 5.95. The minimum Gasteiger partial charge on any atom is -0.481 e. The number of hydrogen-bond donors (Lipinski definition) is 1. The van der Waals surface area contributed by atoms with Gasteiger partial charge >= 0.3 is 11.9 Å². The van der Waals surface area contributed by atoms with Gasteiger partial charge in [0.05, 0.1) is 18.9 Å². The number of hydrogen-bond acceptors (Lipinski definition) is 6. The molecule has 3 atom stereocenters. The zero-order chi connectivity index (χ0) is 32.1. The van der Waals surface area contributed by atoms with Crippen LogP contribution in [0.5, 0.6) is 11.5 Å². The fourth-order valence-corrected chi connectivity index (χ4v) is 6.99. The van der Waals surface area contributed by atoms with Crippen molar-refractivity contribution in [3.63, 3.8) is 0 Å². The number of anilines is 1. The van der Waals surface area contributed by atoms with E-state index in [2.05, 4.69) is 13.8 Å². The van der Waals surface area contributed by atoms with Crippen molar-refractivity contribution >= 4 is 29.7 Å². The second-order valence-corrected chi connectivity index (χ2v) is 12.2. The minimum atomic E-state index is -0.952. The monoisotopic (exact) mass is 620 g/mol. The summed E-state index contributed by atoms with van der Waals surface area (Å²) in [6.45, 7) is 6.64. The fraction of sp³-hybridized carbons (Fsp3) is 0.486. The maximum atomic E-state index is 14.4. The van der Waals surface area contributed by atoms with E-state index in [1.165, 1.54) is 6.07 Å². The Kier molecular flexibility index (Phi) is 10.3. The molecule has 0 spiro atoms. The quantitative estimate of drug-likeness (QED) is 0.304. The molecule has 3 aliphatic rings. The lowest BCUT2D eigenvalue weighted by molar-refractivity contribution is -0.446. The van der Waals surface area contributed by atoms with Crippen LogP contribution in [0.3, 0.4) is 0 Å². The standard InChI is InChI=1S/C35H42FN3O6/c1-4-8-25(9-5-2)39(26-12-13-28(36)23(3)18-26)33(41)21-38-20-27(24-11-14-30-31(19-24)45-22-44-30)34(35(42)43)29(38)15-17-37-16-7-6-10-32(37)40/h6-7,11-14,16,18-19,25,27,29,34H,4-5,8-10,15,17,20-22H2,1-3H3/p+1/t27-,29+,34-/m1/s1. The number of nitrogens with zero attached hydrogens (tertiary/aromatic N) is 3. The lowest BCUT2D eigenvalue weighted by Crippen LogP contribution is -2.48. The number of fused-ring (bicyclic) bond motifs is 1. The summed E-state index contributed by atoms with van der Waals surface area (Å²) in [6, 6.07) is 9.68. The predicted octanol–water partition coefficient (Wildman–Crippen LogP) is 5.29. The van der Waals surface area contributed by atoms with Crippen molar-refractivity contribution in [1.82, 2.24) is 4.90 Å². The SMILES string of the molecule is CCCC(CCC)N(C(=O)CN1C[C@H](c2ccc3c(c2)OCO3)[C@@H](C(=O)O)[C@@H]1CC[N+]1=CC=CCC1=O)c1ccc(F)c(C)c1. The van der Waals surface area contributed by atoms with Gasteiger partial charge in [-0.3, -0.25) is 14.5 Å². The number of aliphatic carboxylic acids is 1. The molecule has 5 rings (SSSR count). The van der Waals surface area contributed by atoms with Crippen molar-refractivity contribution in [2.45, 2.75) is 77.3 Å². The third-order valence-corrected chi connectivity index (χ3v) is 9.17. The van der Waals surface area contributed by atoms with Gasteiger partial charge in [-0.25, -0.2) is 9.18 Å². The van der Waals surface area contributed by atoms with Gasteiger partial charge in [0.2, 0.25) is 12.7 Å². The van der Waals surface area contributed by atoms with E-state index in [0.29, 0.717) is 48.7 Å². The van der Waals surface area contributed by atoms with Gasteiger partial charge in [0.25, 0.3) is 0 Å². The molecule has 3 aliphatic heterocycles. The van der Waals surface area contributed by atoms with E-state index in [-0.39, 0.29) is 37.0 Å². The van der Waals surface area contributed by atoms with Crippen molar-refractivity contribution in [3.8, 4) is 11.5 Å². The van der Waals surface area contributed by atoms with Crippen LogP contribution in [-0.4, -0.2) is 77.1 Å². The van der Waals surface area contributed by atoms with E-state index >= 15 is 0 Å². The number of allylic oxidation sites excluding steroid dienone is 1. The zero-order valence-corrected chi connectivity index (χ0v) is 26.3. The van der Waals surface area contributed by atoms with Crippen LogP contribution < -0.4 is 14.4 Å². The first-order valence-corrected chi connectivity index (χ1v) is 16.0. The van der Waals surface area contributed by atoms with Gasteiger partial charge in [-0.1, -0.05) is 38.8 Å². The van der Waals surface area contributed by atoms with Crippen LogP contribution in [0.1, 0.15) is 69.4 Å². The number of ether oxygens (including phenoxy) is 2. The van der Waals surface area contributed by atoms with E-state index in [1.54, 1.807) is 46.9 Å². The molecule has 9 nitrogen and oxygen atoms in total. The molecule has 0 aliphatic carbocycles. The molecule has 2 aromatic rings. The van der Waals surface area contributed by atoms with Crippen LogP contribution in [0.4, 0.5) is 10.1 Å². The highest BCUT2D eigenvalue weighted by atomic mass is 19.1. The lowest BCUT2D eigenvalue weighted by Gasteiger charge is -2.35. The van der Waals surface area contributed by atoms with Crippen LogP contribution in [0.2, 0.25) is 0 Å². The summed E-state index contributed by atoms with van der Waals surface area (Å²) in [5.41, 5.74) is 1.90. The number of carboxylic acids is 1. The number of halogens is 1. The Morgan fingerprint density at radius 1 is 1.11 bits per heavy atom. The maximum absolute atomic E-state index is 14.4. The Morgan fingerprint density at radius 3 is 2.56 bits per heavy atom. The topological polar surface area (TPSA) is 99.4 Å². The molecule has 3 heterocycles. The molecule has 0 aromatic heterocycles. The molecule has 1 saturated heterocycles. The van der Waals surface area contributed by atoms with Crippen molar-refractivity contribution < 1.29 is 37.9 Å². The Hall–Kier alpha value is -4.05. The van der Waals surface area contributed by atoms with E-state index < -0.39 is 23.8 Å². The molecule has 0 bridgehead atoms. The molecule has 2 amide bonds. The molecule has 0 radical (unpaired) electrons. The number of rotatable bonds is 13. The Labute approximate surface area is 263 Å². The summed E-state index contributed by atoms with van der Waals surface area (Å²) in [5.74, 6) is -1.54. The average Bonchev–Trinajstić information content (AvgIpc) is 3.63. The van der Waals surface area contributed by atoms with Crippen molar-refractivity contribution in [1.29, 1.82) is 0 Å². The molecule has 0 saturated carbocycles. The highest BCUT2D eigenvalue weighted by Gasteiger charge is 2.48. The Balaban J connectivity index is 1.49. The number of amides is 2. The summed E-state index contributed by atoms with van der Waals surface area (Å²) >= 11 is 0. The van der Waals surface area contributed by atoms with Gasteiger partial charge in [-0.2, -0.15) is 4.58 Å². The smallest absolute Gasteiger partial charge is 0.390 e. The molecule has 1 fully saturated rings. The van der Waals surface area contributed by atoms with Gasteiger partial charge in [-0.05, 0) is 67.3 Å². The van der Waals surface area contributed by atoms with E-state index in [0.717, 1.165) is 31.2 Å². The van der Waals surface area contributed by atoms with Gasteiger partial charge in [0, 0.05) is 36.7 Å². The van der Waals surface area contributed by atoms with E-state index in [4.69, 9.17) is 9.47 Å². The predicted molar refractivity (Wildman–Crippen MR) is 169 cm³/mol. The number of carbonyl (C=O) groups is 3. The number of benzene rings is 2. The number of carbonyl (C=O) groups excluding carboxylic acids is 2. The fourth-order valence-electron chi connectivity index (χ4n) is 6.99. The number of carboxylic acid groups (broad SMARTS) is 1. The lowest BCUT2D eigenvalue weighted by atomic mass is 9.84. The first kappa shape index (κ1) is 32.3. The van der Waals surface area contributed by atoms with Crippen LogP contribution in [-0.2, 0) is 14.4 Å². The van der Waals surface area contributed by atoms with Crippen molar-refractivity contribution in [3.05, 3.63) is 65.5 Å². The van der Waals surface area contributed by atoms with Gasteiger partial charge in [-0.15, -0.1) is 0 Å². The van der Waals surface area contributed by atoms with E-state index in [9.17, 15) is 23.9 Å². The number of likely N-dealkylation sites (tertiary alicyclic amines) is 1. The van der Waals surface area contributed by atoms with Gasteiger partial charge < -0.3 is 19.5 Å². The first-order chi connectivity index (χ1) is 21.7. The van der Waals surface area contributed by atoms with Gasteiger partial charge in [0.15, 0.2) is 24.3 Å². The molecule has 10 heteroatoms. The molecule has 2 aromatic carbocycles. The van der Waals surface area contributed by atoms with E-state index in [1.807, 2.05) is 23.1 Å². The van der Waals surface area contributed by atoms with Crippen molar-refractivity contribution in [2.75, 3.05) is 31.3 Å². The second-order valence-electron chi connectivity index (χ2n) is 12.2. The molecule has 1 N–H and O–H groups in total. The number of aryl methyl sites for hydroxylation is 1. The molecule has 240 valence electrons. The van der Waals surface area contributed by atoms with Crippen LogP contribution in [0.15, 0.2) is 48.6 Å². The third kappa shape index (κ3) is 7.11. The Bertz CT molecular complexity index is 1480. The largest absolute Gasteiger partial charge is 0.481 e. The third-order valence-electron chi connectivity index (χ3n) is 9.17. The van der Waals surface area contributed by atoms with Crippen LogP contribution in [0.25, 0.3) is 0 Å². The van der Waals surface area contributed by atoms with Crippen LogP contribution in [0, 0.1) is 18.7 Å².